The van der Waals surface area contributed by atoms with E-state index in [-0.39, 0.29) is 11.3 Å². The summed E-state index contributed by atoms with van der Waals surface area (Å²) in [5.74, 6) is -0.315. The molecule has 0 aromatic heterocycles. The number of aromatic hydroxyl groups is 1. The minimum atomic E-state index is -0.452. The van der Waals surface area contributed by atoms with Crippen molar-refractivity contribution in [1.29, 1.82) is 5.26 Å². The monoisotopic (exact) mass is 320 g/mol. The van der Waals surface area contributed by atoms with Crippen LogP contribution in [0.3, 0.4) is 0 Å². The molecular formula is C20H20N2O2. The van der Waals surface area contributed by atoms with Crippen LogP contribution in [0.2, 0.25) is 0 Å². The lowest BCUT2D eigenvalue weighted by Crippen LogP contribution is -2.13. The lowest BCUT2D eigenvalue weighted by Gasteiger charge is -2.06. The fourth-order valence-electron chi connectivity index (χ4n) is 2.22. The highest BCUT2D eigenvalue weighted by Gasteiger charge is 2.09. The number of aryl methyl sites for hydroxylation is 1. The number of carbonyl (C=O) groups is 1. The van der Waals surface area contributed by atoms with Gasteiger partial charge in [-0.3, -0.25) is 4.79 Å². The summed E-state index contributed by atoms with van der Waals surface area (Å²) in [5.41, 5.74) is 2.58. The van der Waals surface area contributed by atoms with Crippen LogP contribution >= 0.6 is 0 Å². The number of nitriles is 1. The van der Waals surface area contributed by atoms with E-state index in [1.54, 1.807) is 12.1 Å². The van der Waals surface area contributed by atoms with Crippen molar-refractivity contribution < 1.29 is 9.90 Å². The average molecular weight is 320 g/mol. The van der Waals surface area contributed by atoms with Gasteiger partial charge in [0.25, 0.3) is 5.91 Å². The largest absolute Gasteiger partial charge is 0.508 e. The van der Waals surface area contributed by atoms with Crippen LogP contribution in [0, 0.1) is 11.3 Å². The molecule has 4 nitrogen and oxygen atoms in total. The van der Waals surface area contributed by atoms with Crippen molar-refractivity contribution >= 4 is 17.7 Å². The van der Waals surface area contributed by atoms with Gasteiger partial charge in [-0.2, -0.15) is 5.26 Å². The van der Waals surface area contributed by atoms with E-state index >= 15 is 0 Å². The zero-order chi connectivity index (χ0) is 17.4. The third-order valence-corrected chi connectivity index (χ3v) is 3.60. The first-order valence-corrected chi connectivity index (χ1v) is 7.93. The Hall–Kier alpha value is -3.06. The van der Waals surface area contributed by atoms with Gasteiger partial charge in [-0.15, -0.1) is 0 Å². The first-order chi connectivity index (χ1) is 11.6. The molecule has 24 heavy (non-hydrogen) atoms. The summed E-state index contributed by atoms with van der Waals surface area (Å²) in [6, 6.07) is 15.9. The van der Waals surface area contributed by atoms with Gasteiger partial charge in [0.2, 0.25) is 0 Å². The molecule has 0 bridgehead atoms. The second kappa shape index (κ2) is 8.54. The molecule has 0 saturated heterocycles. The molecule has 2 aromatic rings. The maximum absolute atomic E-state index is 12.2. The van der Waals surface area contributed by atoms with Crippen LogP contribution in [0.1, 0.15) is 30.9 Å². The van der Waals surface area contributed by atoms with E-state index in [1.165, 1.54) is 23.8 Å². The van der Waals surface area contributed by atoms with Crippen LogP contribution < -0.4 is 5.32 Å². The minimum Gasteiger partial charge on any atom is -0.508 e. The van der Waals surface area contributed by atoms with E-state index in [2.05, 4.69) is 12.2 Å². The summed E-state index contributed by atoms with van der Waals surface area (Å²) in [6.07, 6.45) is 4.80. The highest BCUT2D eigenvalue weighted by Crippen LogP contribution is 2.15. The standard InChI is InChI=1S/C20H20N2O2/c1-2-3-4-15-5-9-18(10-6-15)22-20(24)17(14-21)13-16-7-11-19(23)12-8-16/h5-13,23H,2-4H2,1H3,(H,22,24). The maximum Gasteiger partial charge on any atom is 0.266 e. The summed E-state index contributed by atoms with van der Waals surface area (Å²) in [4.78, 5) is 12.2. The smallest absolute Gasteiger partial charge is 0.266 e. The predicted molar refractivity (Wildman–Crippen MR) is 95.4 cm³/mol. The summed E-state index contributed by atoms with van der Waals surface area (Å²) < 4.78 is 0. The zero-order valence-corrected chi connectivity index (χ0v) is 13.6. The Bertz CT molecular complexity index is 754. The molecule has 0 spiro atoms. The molecule has 0 aliphatic carbocycles. The van der Waals surface area contributed by atoms with Gasteiger partial charge in [-0.1, -0.05) is 37.6 Å². The van der Waals surface area contributed by atoms with Crippen molar-refractivity contribution in [2.24, 2.45) is 0 Å². The van der Waals surface area contributed by atoms with Crippen LogP contribution in [0.25, 0.3) is 6.08 Å². The van der Waals surface area contributed by atoms with Crippen molar-refractivity contribution in [2.75, 3.05) is 5.32 Å². The van der Waals surface area contributed by atoms with E-state index < -0.39 is 5.91 Å². The quantitative estimate of drug-likeness (QED) is 0.616. The molecule has 0 aliphatic rings. The number of amides is 1. The molecule has 4 heteroatoms. The summed E-state index contributed by atoms with van der Waals surface area (Å²) in [7, 11) is 0. The highest BCUT2D eigenvalue weighted by molar-refractivity contribution is 6.09. The molecule has 2 rings (SSSR count). The molecular weight excluding hydrogens is 300 g/mol. The van der Waals surface area contributed by atoms with E-state index in [0.717, 1.165) is 19.3 Å². The Balaban J connectivity index is 2.06. The number of rotatable bonds is 6. The molecule has 122 valence electrons. The van der Waals surface area contributed by atoms with E-state index in [0.29, 0.717) is 11.3 Å². The van der Waals surface area contributed by atoms with Crippen LogP contribution in [-0.2, 0) is 11.2 Å². The Labute approximate surface area is 142 Å². The van der Waals surface area contributed by atoms with Gasteiger partial charge < -0.3 is 10.4 Å². The first kappa shape index (κ1) is 17.3. The van der Waals surface area contributed by atoms with Crippen LogP contribution in [-0.4, -0.2) is 11.0 Å². The number of hydrogen-bond acceptors (Lipinski definition) is 3. The number of unbranched alkanes of at least 4 members (excludes halogenated alkanes) is 1. The predicted octanol–water partition coefficient (Wildman–Crippen LogP) is 4.28. The number of nitrogens with one attached hydrogen (secondary N) is 1. The fourth-order valence-corrected chi connectivity index (χ4v) is 2.22. The number of phenols is 1. The normalized spacial score (nSPS) is 10.9. The molecule has 0 unspecified atom stereocenters. The number of hydrogen-bond donors (Lipinski definition) is 2. The van der Waals surface area contributed by atoms with E-state index in [4.69, 9.17) is 0 Å². The lowest BCUT2D eigenvalue weighted by molar-refractivity contribution is -0.112. The number of anilines is 1. The Kier molecular flexibility index (Phi) is 6.16. The Morgan fingerprint density at radius 3 is 2.42 bits per heavy atom. The second-order valence-corrected chi connectivity index (χ2v) is 5.52. The Morgan fingerprint density at radius 2 is 1.83 bits per heavy atom. The summed E-state index contributed by atoms with van der Waals surface area (Å²) in [5, 5.41) is 21.2. The van der Waals surface area contributed by atoms with Gasteiger partial charge in [0.05, 0.1) is 0 Å². The van der Waals surface area contributed by atoms with Gasteiger partial charge in [0.1, 0.15) is 17.4 Å². The number of carbonyl (C=O) groups excluding carboxylic acids is 1. The van der Waals surface area contributed by atoms with Crippen LogP contribution in [0.5, 0.6) is 5.75 Å². The first-order valence-electron chi connectivity index (χ1n) is 7.93. The average Bonchev–Trinajstić information content (AvgIpc) is 2.60. The number of nitrogens with zero attached hydrogens (tertiary/aromatic N) is 1. The molecule has 0 fully saturated rings. The molecule has 0 radical (unpaired) electrons. The fraction of sp³-hybridized carbons (Fsp3) is 0.200. The van der Waals surface area contributed by atoms with Crippen molar-refractivity contribution in [3.63, 3.8) is 0 Å². The van der Waals surface area contributed by atoms with Gasteiger partial charge in [0.15, 0.2) is 0 Å². The van der Waals surface area contributed by atoms with Crippen LogP contribution in [0.4, 0.5) is 5.69 Å². The van der Waals surface area contributed by atoms with Gasteiger partial charge >= 0.3 is 0 Å². The van der Waals surface area contributed by atoms with Crippen molar-refractivity contribution in [3.8, 4) is 11.8 Å². The SMILES string of the molecule is CCCCc1ccc(NC(=O)C(C#N)=Cc2ccc(O)cc2)cc1. The molecule has 2 aromatic carbocycles. The number of benzene rings is 2. The topological polar surface area (TPSA) is 73.1 Å². The second-order valence-electron chi connectivity index (χ2n) is 5.52. The summed E-state index contributed by atoms with van der Waals surface area (Å²) in [6.45, 7) is 2.15. The zero-order valence-electron chi connectivity index (χ0n) is 13.6. The lowest BCUT2D eigenvalue weighted by atomic mass is 10.1. The molecule has 0 atom stereocenters. The highest BCUT2D eigenvalue weighted by atomic mass is 16.3. The number of phenolic OH excluding ortho intramolecular Hbond substituents is 1. The van der Waals surface area contributed by atoms with Crippen LogP contribution in [0.15, 0.2) is 54.1 Å². The molecule has 0 heterocycles. The van der Waals surface area contributed by atoms with Gasteiger partial charge in [-0.25, -0.2) is 0 Å². The van der Waals surface area contributed by atoms with Crippen molar-refractivity contribution in [1.82, 2.24) is 0 Å². The molecule has 0 aliphatic heterocycles. The van der Waals surface area contributed by atoms with Crippen molar-refractivity contribution in [2.45, 2.75) is 26.2 Å². The molecule has 2 N–H and O–H groups in total. The van der Waals surface area contributed by atoms with Gasteiger partial charge in [0, 0.05) is 5.69 Å². The van der Waals surface area contributed by atoms with E-state index in [9.17, 15) is 15.2 Å². The molecule has 0 saturated carbocycles. The molecule has 1 amide bonds. The maximum atomic E-state index is 12.2. The summed E-state index contributed by atoms with van der Waals surface area (Å²) >= 11 is 0. The third kappa shape index (κ3) is 4.99. The third-order valence-electron chi connectivity index (χ3n) is 3.60. The van der Waals surface area contributed by atoms with E-state index in [1.807, 2.05) is 30.3 Å². The Morgan fingerprint density at radius 1 is 1.17 bits per heavy atom. The van der Waals surface area contributed by atoms with Crippen molar-refractivity contribution in [3.05, 3.63) is 65.2 Å². The minimum absolute atomic E-state index is 0.00995. The van der Waals surface area contributed by atoms with Gasteiger partial charge in [-0.05, 0) is 54.3 Å².